The second-order valence-electron chi connectivity index (χ2n) is 7.95. The lowest BCUT2D eigenvalue weighted by molar-refractivity contribution is 0.0950. The second kappa shape index (κ2) is 10.6. The topological polar surface area (TPSA) is 79.4 Å². The Morgan fingerprint density at radius 3 is 2.67 bits per heavy atom. The Labute approximate surface area is 217 Å². The molecule has 0 fully saturated rings. The third-order valence-electron chi connectivity index (χ3n) is 5.58. The van der Waals surface area contributed by atoms with E-state index in [1.54, 1.807) is 24.3 Å². The number of fused-ring (bicyclic) bond motifs is 1. The minimum atomic E-state index is -0.441. The van der Waals surface area contributed by atoms with Crippen LogP contribution in [0.4, 0.5) is 0 Å². The van der Waals surface area contributed by atoms with E-state index in [4.69, 9.17) is 27.9 Å². The Bertz CT molecular complexity index is 1570. The number of hydrogen-bond acceptors (Lipinski definition) is 4. The van der Waals surface area contributed by atoms with Crippen molar-refractivity contribution in [3.05, 3.63) is 118 Å². The zero-order chi connectivity index (χ0) is 24.9. The van der Waals surface area contributed by atoms with Crippen LogP contribution in [-0.4, -0.2) is 22.3 Å². The fraction of sp³-hybridized carbons (Fsp3) is 0.0357. The lowest BCUT2D eigenvalue weighted by atomic mass is 10.1. The number of benzene rings is 4. The number of H-pyrrole nitrogens is 1. The van der Waals surface area contributed by atoms with Crippen LogP contribution in [-0.2, 0) is 6.61 Å². The van der Waals surface area contributed by atoms with Gasteiger partial charge in [0.05, 0.1) is 16.9 Å². The molecule has 8 heteroatoms. The molecule has 36 heavy (non-hydrogen) atoms. The first-order chi connectivity index (χ1) is 17.6. The predicted octanol–water partition coefficient (Wildman–Crippen LogP) is 6.88. The number of aromatic nitrogens is 2. The summed E-state index contributed by atoms with van der Waals surface area (Å²) >= 11 is 12.0. The lowest BCUT2D eigenvalue weighted by Gasteiger charge is -2.12. The summed E-state index contributed by atoms with van der Waals surface area (Å²) in [6, 6.07) is 28.6. The average molecular weight is 515 g/mol. The van der Waals surface area contributed by atoms with Crippen molar-refractivity contribution in [1.82, 2.24) is 15.6 Å². The molecule has 0 aliphatic heterocycles. The number of carbonyl (C=O) groups excluding carboxylic acids is 1. The van der Waals surface area contributed by atoms with Crippen molar-refractivity contribution in [3.63, 3.8) is 0 Å². The molecule has 0 bridgehead atoms. The standard InChI is InChI=1S/C28H20Cl2N4O2/c29-21-13-12-19(24(30)14-21)16-31-34-28(35)26-15-25(32-33-26)23-10-3-4-11-27(23)36-17-20-8-5-7-18-6-1-2-9-22(18)20/h1-16H,17H2,(H,32,33)(H,34,35)/b31-16+. The Morgan fingerprint density at radius 1 is 0.972 bits per heavy atom. The molecule has 0 saturated heterocycles. The maximum Gasteiger partial charge on any atom is 0.289 e. The third-order valence-corrected chi connectivity index (χ3v) is 6.14. The van der Waals surface area contributed by atoms with Crippen molar-refractivity contribution >= 4 is 46.1 Å². The van der Waals surface area contributed by atoms with Crippen LogP contribution in [0.15, 0.2) is 96.1 Å². The van der Waals surface area contributed by atoms with Crippen molar-refractivity contribution in [2.24, 2.45) is 5.10 Å². The maximum atomic E-state index is 12.6. The zero-order valence-electron chi connectivity index (χ0n) is 18.9. The molecule has 0 radical (unpaired) electrons. The van der Waals surface area contributed by atoms with E-state index in [1.807, 2.05) is 42.5 Å². The molecule has 0 aliphatic rings. The summed E-state index contributed by atoms with van der Waals surface area (Å²) in [5.41, 5.74) is 5.79. The molecule has 5 rings (SSSR count). The molecule has 5 aromatic rings. The highest BCUT2D eigenvalue weighted by Gasteiger charge is 2.14. The second-order valence-corrected chi connectivity index (χ2v) is 8.80. The van der Waals surface area contributed by atoms with Gasteiger partial charge in [0, 0.05) is 16.1 Å². The lowest BCUT2D eigenvalue weighted by Crippen LogP contribution is -2.18. The summed E-state index contributed by atoms with van der Waals surface area (Å²) in [5, 5.41) is 14.3. The van der Waals surface area contributed by atoms with Crippen molar-refractivity contribution < 1.29 is 9.53 Å². The maximum absolute atomic E-state index is 12.6. The van der Waals surface area contributed by atoms with Gasteiger partial charge < -0.3 is 4.74 Å². The minimum Gasteiger partial charge on any atom is -0.488 e. The molecule has 0 atom stereocenters. The number of rotatable bonds is 7. The number of carbonyl (C=O) groups is 1. The van der Waals surface area contributed by atoms with Gasteiger partial charge in [0.1, 0.15) is 18.1 Å². The highest BCUT2D eigenvalue weighted by atomic mass is 35.5. The van der Waals surface area contributed by atoms with E-state index in [2.05, 4.69) is 45.0 Å². The van der Waals surface area contributed by atoms with Crippen molar-refractivity contribution in [2.75, 3.05) is 0 Å². The van der Waals surface area contributed by atoms with Crippen LogP contribution in [0, 0.1) is 0 Å². The van der Waals surface area contributed by atoms with Crippen LogP contribution in [0.25, 0.3) is 22.0 Å². The highest BCUT2D eigenvalue weighted by molar-refractivity contribution is 6.36. The number of hydrogen-bond donors (Lipinski definition) is 2. The number of hydrazone groups is 1. The van der Waals surface area contributed by atoms with Gasteiger partial charge in [-0.05, 0) is 46.7 Å². The molecule has 1 aromatic heterocycles. The van der Waals surface area contributed by atoms with E-state index < -0.39 is 5.91 Å². The largest absolute Gasteiger partial charge is 0.488 e. The average Bonchev–Trinajstić information content (AvgIpc) is 3.39. The molecular weight excluding hydrogens is 495 g/mol. The van der Waals surface area contributed by atoms with Crippen LogP contribution in [0.3, 0.4) is 0 Å². The number of amides is 1. The highest BCUT2D eigenvalue weighted by Crippen LogP contribution is 2.30. The summed E-state index contributed by atoms with van der Waals surface area (Å²) in [4.78, 5) is 12.6. The molecule has 4 aromatic carbocycles. The molecule has 0 spiro atoms. The summed E-state index contributed by atoms with van der Waals surface area (Å²) in [7, 11) is 0. The fourth-order valence-electron chi connectivity index (χ4n) is 3.78. The Kier molecular flexibility index (Phi) is 6.98. The molecule has 1 amide bonds. The number of halogens is 2. The first-order valence-corrected chi connectivity index (χ1v) is 11.9. The summed E-state index contributed by atoms with van der Waals surface area (Å²) in [6.45, 7) is 0.401. The molecular formula is C28H20Cl2N4O2. The van der Waals surface area contributed by atoms with Crippen LogP contribution >= 0.6 is 23.2 Å². The van der Waals surface area contributed by atoms with Gasteiger partial charge >= 0.3 is 0 Å². The summed E-state index contributed by atoms with van der Waals surface area (Å²) < 4.78 is 6.19. The quantitative estimate of drug-likeness (QED) is 0.183. The SMILES string of the molecule is O=C(N/N=C/c1ccc(Cl)cc1Cl)c1cc(-c2ccccc2OCc2cccc3ccccc23)n[nH]1. The van der Waals surface area contributed by atoms with E-state index in [-0.39, 0.29) is 5.69 Å². The third kappa shape index (κ3) is 5.25. The van der Waals surface area contributed by atoms with Crippen LogP contribution < -0.4 is 10.2 Å². The number of nitrogens with one attached hydrogen (secondary N) is 2. The Hall–Kier alpha value is -4.13. The zero-order valence-corrected chi connectivity index (χ0v) is 20.4. The van der Waals surface area contributed by atoms with Gasteiger partial charge in [-0.1, -0.05) is 83.9 Å². The van der Waals surface area contributed by atoms with E-state index in [0.717, 1.165) is 21.9 Å². The van der Waals surface area contributed by atoms with Crippen molar-refractivity contribution in [3.8, 4) is 17.0 Å². The summed E-state index contributed by atoms with van der Waals surface area (Å²) in [5.74, 6) is 0.225. The van der Waals surface area contributed by atoms with E-state index in [9.17, 15) is 4.79 Å². The van der Waals surface area contributed by atoms with E-state index in [1.165, 1.54) is 6.21 Å². The normalized spacial score (nSPS) is 11.2. The van der Waals surface area contributed by atoms with Crippen molar-refractivity contribution in [1.29, 1.82) is 0 Å². The summed E-state index contributed by atoms with van der Waals surface area (Å²) in [6.07, 6.45) is 1.45. The Balaban J connectivity index is 1.29. The van der Waals surface area contributed by atoms with E-state index >= 15 is 0 Å². The first-order valence-electron chi connectivity index (χ1n) is 11.1. The Morgan fingerprint density at radius 2 is 1.78 bits per heavy atom. The van der Waals surface area contributed by atoms with Gasteiger partial charge in [-0.2, -0.15) is 10.2 Å². The van der Waals surface area contributed by atoms with Gasteiger partial charge in [0.2, 0.25) is 0 Å². The van der Waals surface area contributed by atoms with E-state index in [0.29, 0.717) is 33.7 Å². The van der Waals surface area contributed by atoms with Gasteiger partial charge in [-0.25, -0.2) is 5.43 Å². The molecule has 2 N–H and O–H groups in total. The first kappa shape index (κ1) is 23.6. The number of aromatic amines is 1. The van der Waals surface area contributed by atoms with Gasteiger partial charge in [0.25, 0.3) is 5.91 Å². The minimum absolute atomic E-state index is 0.258. The van der Waals surface area contributed by atoms with Crippen LogP contribution in [0.2, 0.25) is 10.0 Å². The molecule has 0 aliphatic carbocycles. The molecule has 0 unspecified atom stereocenters. The molecule has 6 nitrogen and oxygen atoms in total. The molecule has 0 saturated carbocycles. The van der Waals surface area contributed by atoms with Crippen LogP contribution in [0.1, 0.15) is 21.6 Å². The van der Waals surface area contributed by atoms with Crippen LogP contribution in [0.5, 0.6) is 5.75 Å². The monoisotopic (exact) mass is 514 g/mol. The van der Waals surface area contributed by atoms with Gasteiger partial charge in [0.15, 0.2) is 0 Å². The predicted molar refractivity (Wildman–Crippen MR) is 144 cm³/mol. The molecule has 178 valence electrons. The van der Waals surface area contributed by atoms with Gasteiger partial charge in [-0.3, -0.25) is 9.89 Å². The smallest absolute Gasteiger partial charge is 0.289 e. The number of nitrogens with zero attached hydrogens (tertiary/aromatic N) is 2. The number of para-hydroxylation sites is 1. The van der Waals surface area contributed by atoms with Crippen molar-refractivity contribution in [2.45, 2.75) is 6.61 Å². The number of ether oxygens (including phenoxy) is 1. The van der Waals surface area contributed by atoms with Gasteiger partial charge in [-0.15, -0.1) is 0 Å². The molecule has 1 heterocycles. The fourth-order valence-corrected chi connectivity index (χ4v) is 4.24.